The zero-order chi connectivity index (χ0) is 10.4. The van der Waals surface area contributed by atoms with Crippen LogP contribution in [0.3, 0.4) is 0 Å². The summed E-state index contributed by atoms with van der Waals surface area (Å²) in [6.45, 7) is 3.69. The van der Waals surface area contributed by atoms with Gasteiger partial charge in [0.2, 0.25) is 0 Å². The van der Waals surface area contributed by atoms with Crippen LogP contribution in [0.25, 0.3) is 5.57 Å². The van der Waals surface area contributed by atoms with Crippen LogP contribution in [0.1, 0.15) is 19.4 Å². The third-order valence-corrected chi connectivity index (χ3v) is 1.92. The van der Waals surface area contributed by atoms with Crippen LogP contribution in [0.2, 0.25) is 0 Å². The largest absolute Gasteiger partial charge is 0.461 e. The van der Waals surface area contributed by atoms with Crippen molar-refractivity contribution in [2.24, 2.45) is 0 Å². The van der Waals surface area contributed by atoms with Gasteiger partial charge in [-0.05, 0) is 18.1 Å². The number of allylic oxidation sites excluding steroid dienone is 1. The molecule has 0 amide bonds. The maximum Gasteiger partial charge on any atom is 0.302 e. The fourth-order valence-corrected chi connectivity index (χ4v) is 1.16. The lowest BCUT2D eigenvalue weighted by Crippen LogP contribution is -2.02. The molecule has 0 fully saturated rings. The molecule has 74 valence electrons. The van der Waals surface area contributed by atoms with Crippen molar-refractivity contribution in [2.75, 3.05) is 6.61 Å². The van der Waals surface area contributed by atoms with Crippen molar-refractivity contribution in [2.45, 2.75) is 13.8 Å². The molecule has 0 aliphatic heterocycles. The molecule has 0 radical (unpaired) electrons. The summed E-state index contributed by atoms with van der Waals surface area (Å²) in [4.78, 5) is 10.6. The van der Waals surface area contributed by atoms with Crippen molar-refractivity contribution >= 4 is 11.5 Å². The molecule has 0 saturated heterocycles. The Kier molecular flexibility index (Phi) is 3.92. The molecule has 2 nitrogen and oxygen atoms in total. The van der Waals surface area contributed by atoms with Crippen LogP contribution >= 0.6 is 0 Å². The van der Waals surface area contributed by atoms with Gasteiger partial charge in [0, 0.05) is 6.92 Å². The molecule has 0 saturated carbocycles. The van der Waals surface area contributed by atoms with E-state index in [1.54, 1.807) is 0 Å². The minimum absolute atomic E-state index is 0.250. The van der Waals surface area contributed by atoms with E-state index in [0.717, 1.165) is 11.1 Å². The maximum absolute atomic E-state index is 10.6. The highest BCUT2D eigenvalue weighted by Crippen LogP contribution is 2.13. The average molecular weight is 190 g/mol. The highest BCUT2D eigenvalue weighted by Gasteiger charge is 2.01. The van der Waals surface area contributed by atoms with Crippen LogP contribution in [-0.4, -0.2) is 12.6 Å². The summed E-state index contributed by atoms with van der Waals surface area (Å²) in [6, 6.07) is 9.89. The van der Waals surface area contributed by atoms with Crippen molar-refractivity contribution in [3.8, 4) is 0 Å². The van der Waals surface area contributed by atoms with Crippen LogP contribution in [0.4, 0.5) is 0 Å². The molecule has 0 unspecified atom stereocenters. The van der Waals surface area contributed by atoms with E-state index in [9.17, 15) is 4.79 Å². The first kappa shape index (κ1) is 10.5. The Morgan fingerprint density at radius 2 is 2.00 bits per heavy atom. The van der Waals surface area contributed by atoms with Gasteiger partial charge in [-0.25, -0.2) is 0 Å². The number of carbonyl (C=O) groups is 1. The first-order chi connectivity index (χ1) is 6.74. The van der Waals surface area contributed by atoms with Crippen molar-refractivity contribution in [1.82, 2.24) is 0 Å². The van der Waals surface area contributed by atoms with Crippen LogP contribution in [0.15, 0.2) is 36.4 Å². The van der Waals surface area contributed by atoms with E-state index in [4.69, 9.17) is 4.74 Å². The van der Waals surface area contributed by atoms with Gasteiger partial charge >= 0.3 is 5.97 Å². The smallest absolute Gasteiger partial charge is 0.302 e. The number of hydrogen-bond acceptors (Lipinski definition) is 2. The van der Waals surface area contributed by atoms with E-state index < -0.39 is 0 Å². The summed E-state index contributed by atoms with van der Waals surface area (Å²) in [7, 11) is 0. The van der Waals surface area contributed by atoms with Crippen LogP contribution in [-0.2, 0) is 9.53 Å². The molecular formula is C12H14O2. The Morgan fingerprint density at radius 3 is 2.50 bits per heavy atom. The first-order valence-corrected chi connectivity index (χ1v) is 4.58. The second-order valence-corrected chi connectivity index (χ2v) is 2.96. The Balaban J connectivity index is 2.69. The molecule has 1 aromatic rings. The van der Waals surface area contributed by atoms with Gasteiger partial charge in [0.25, 0.3) is 0 Å². The highest BCUT2D eigenvalue weighted by atomic mass is 16.5. The molecule has 1 aromatic carbocycles. The van der Waals surface area contributed by atoms with Gasteiger partial charge in [-0.3, -0.25) is 4.79 Å². The Hall–Kier alpha value is -1.57. The van der Waals surface area contributed by atoms with Crippen LogP contribution in [0.5, 0.6) is 0 Å². The van der Waals surface area contributed by atoms with Crippen molar-refractivity contribution in [1.29, 1.82) is 0 Å². The summed E-state index contributed by atoms with van der Waals surface area (Å²) in [5.41, 5.74) is 2.12. The van der Waals surface area contributed by atoms with E-state index in [-0.39, 0.29) is 5.97 Å². The lowest BCUT2D eigenvalue weighted by molar-refractivity contribution is -0.139. The second kappa shape index (κ2) is 5.22. The quantitative estimate of drug-likeness (QED) is 0.685. The molecule has 2 heteroatoms. The molecule has 1 rings (SSSR count). The maximum atomic E-state index is 10.6. The SMILES string of the molecule is C/C=C(/COC(C)=O)c1ccccc1. The third-order valence-electron chi connectivity index (χ3n) is 1.92. The first-order valence-electron chi connectivity index (χ1n) is 4.58. The normalized spacial score (nSPS) is 11.1. The summed E-state index contributed by atoms with van der Waals surface area (Å²) in [5.74, 6) is -0.250. The number of esters is 1. The molecule has 0 heterocycles. The van der Waals surface area contributed by atoms with Crippen LogP contribution < -0.4 is 0 Å². The lowest BCUT2D eigenvalue weighted by atomic mass is 10.1. The second-order valence-electron chi connectivity index (χ2n) is 2.96. The van der Waals surface area contributed by atoms with Crippen molar-refractivity contribution < 1.29 is 9.53 Å². The molecule has 0 spiro atoms. The van der Waals surface area contributed by atoms with Crippen molar-refractivity contribution in [3.05, 3.63) is 42.0 Å². The zero-order valence-corrected chi connectivity index (χ0v) is 8.49. The highest BCUT2D eigenvalue weighted by molar-refractivity contribution is 5.71. The van der Waals surface area contributed by atoms with Crippen molar-refractivity contribution in [3.63, 3.8) is 0 Å². The summed E-state index contributed by atoms with van der Waals surface area (Å²) >= 11 is 0. The lowest BCUT2D eigenvalue weighted by Gasteiger charge is -2.06. The third kappa shape index (κ3) is 3.05. The van der Waals surface area contributed by atoms with Crippen LogP contribution in [0, 0.1) is 0 Å². The molecule has 0 N–H and O–H groups in total. The summed E-state index contributed by atoms with van der Waals surface area (Å²) in [6.07, 6.45) is 1.96. The fraction of sp³-hybridized carbons (Fsp3) is 0.250. The minimum atomic E-state index is -0.250. The molecular weight excluding hydrogens is 176 g/mol. The zero-order valence-electron chi connectivity index (χ0n) is 8.49. The number of ether oxygens (including phenoxy) is 1. The van der Waals surface area contributed by atoms with Gasteiger partial charge in [-0.1, -0.05) is 36.4 Å². The van der Waals surface area contributed by atoms with E-state index in [0.29, 0.717) is 6.61 Å². The van der Waals surface area contributed by atoms with Gasteiger partial charge in [-0.15, -0.1) is 0 Å². The number of carbonyl (C=O) groups excluding carboxylic acids is 1. The van der Waals surface area contributed by atoms with E-state index in [1.165, 1.54) is 6.92 Å². The number of benzene rings is 1. The molecule has 0 aromatic heterocycles. The average Bonchev–Trinajstić information content (AvgIpc) is 2.20. The van der Waals surface area contributed by atoms with Gasteiger partial charge < -0.3 is 4.74 Å². The minimum Gasteiger partial charge on any atom is -0.461 e. The fourth-order valence-electron chi connectivity index (χ4n) is 1.16. The molecule has 14 heavy (non-hydrogen) atoms. The van der Waals surface area contributed by atoms with Gasteiger partial charge in [0.05, 0.1) is 0 Å². The predicted molar refractivity (Wildman–Crippen MR) is 56.7 cm³/mol. The Labute approximate surface area is 84.2 Å². The standard InChI is InChI=1S/C12H14O2/c1-3-11(9-14-10(2)13)12-7-5-4-6-8-12/h3-8H,9H2,1-2H3/b11-3-. The Bertz CT molecular complexity index is 325. The van der Waals surface area contributed by atoms with Gasteiger partial charge in [0.1, 0.15) is 6.61 Å². The summed E-state index contributed by atoms with van der Waals surface area (Å²) < 4.78 is 4.94. The number of hydrogen-bond donors (Lipinski definition) is 0. The number of rotatable bonds is 3. The summed E-state index contributed by atoms with van der Waals surface area (Å²) in [5, 5.41) is 0. The van der Waals surface area contributed by atoms with E-state index in [1.807, 2.05) is 43.3 Å². The Morgan fingerprint density at radius 1 is 1.36 bits per heavy atom. The predicted octanol–water partition coefficient (Wildman–Crippen LogP) is 2.65. The van der Waals surface area contributed by atoms with E-state index >= 15 is 0 Å². The molecule has 0 bridgehead atoms. The molecule has 0 aliphatic carbocycles. The van der Waals surface area contributed by atoms with Gasteiger partial charge in [-0.2, -0.15) is 0 Å². The molecule has 0 aliphatic rings. The monoisotopic (exact) mass is 190 g/mol. The topological polar surface area (TPSA) is 26.3 Å². The van der Waals surface area contributed by atoms with E-state index in [2.05, 4.69) is 0 Å². The van der Waals surface area contributed by atoms with Gasteiger partial charge in [0.15, 0.2) is 0 Å². The molecule has 0 atom stereocenters.